The molecule has 0 unspecified atom stereocenters. The highest BCUT2D eigenvalue weighted by molar-refractivity contribution is 4.91. The van der Waals surface area contributed by atoms with Gasteiger partial charge in [-0.05, 0) is 19.3 Å². The van der Waals surface area contributed by atoms with Crippen molar-refractivity contribution in [3.63, 3.8) is 0 Å². The van der Waals surface area contributed by atoms with E-state index >= 15 is 0 Å². The van der Waals surface area contributed by atoms with E-state index in [2.05, 4.69) is 6.92 Å². The maximum Gasteiger partial charge on any atom is 0.328 e. The van der Waals surface area contributed by atoms with E-state index in [1.807, 2.05) is 21.5 Å². The second-order valence-electron chi connectivity index (χ2n) is 4.83. The molecule has 0 aliphatic heterocycles. The molecule has 3 heteroatoms. The van der Waals surface area contributed by atoms with E-state index in [0.717, 1.165) is 13.0 Å². The quantitative estimate of drug-likeness (QED) is 0.652. The van der Waals surface area contributed by atoms with Crippen LogP contribution in [0.1, 0.15) is 57.9 Å². The number of aromatic nitrogens is 2. The van der Waals surface area contributed by atoms with Crippen LogP contribution >= 0.6 is 0 Å². The fraction of sp³-hybridized carbons (Fsp3) is 0.769. The van der Waals surface area contributed by atoms with E-state index in [9.17, 15) is 4.79 Å². The van der Waals surface area contributed by atoms with Crippen molar-refractivity contribution in [1.29, 1.82) is 0 Å². The molecule has 90 valence electrons. The monoisotopic (exact) mass is 222 g/mol. The lowest BCUT2D eigenvalue weighted by Crippen LogP contribution is -2.23. The number of imidazole rings is 1. The first-order valence-electron chi connectivity index (χ1n) is 6.60. The molecule has 3 nitrogen and oxygen atoms in total. The molecule has 1 aromatic heterocycles. The molecule has 2 rings (SSSR count). The van der Waals surface area contributed by atoms with Gasteiger partial charge < -0.3 is 0 Å². The van der Waals surface area contributed by atoms with E-state index in [1.165, 1.54) is 38.5 Å². The standard InChI is InChI=1S/C13H22N2O/c1-2-3-4-5-6-9-14-10-11-15(13(14)16)12-7-8-12/h10-12H,2-9H2,1H3. The van der Waals surface area contributed by atoms with Crippen molar-refractivity contribution in [3.8, 4) is 0 Å². The van der Waals surface area contributed by atoms with Crippen LogP contribution < -0.4 is 5.69 Å². The Morgan fingerprint density at radius 2 is 1.94 bits per heavy atom. The lowest BCUT2D eigenvalue weighted by molar-refractivity contribution is 0.547. The van der Waals surface area contributed by atoms with Gasteiger partial charge in [-0.25, -0.2) is 4.79 Å². The fourth-order valence-electron chi connectivity index (χ4n) is 2.11. The molecular weight excluding hydrogens is 200 g/mol. The molecule has 0 atom stereocenters. The Kier molecular flexibility index (Phi) is 3.86. The molecule has 0 N–H and O–H groups in total. The predicted octanol–water partition coefficient (Wildman–Crippen LogP) is 2.96. The van der Waals surface area contributed by atoms with E-state index in [1.54, 1.807) is 0 Å². The molecule has 0 bridgehead atoms. The minimum Gasteiger partial charge on any atom is -0.299 e. The topological polar surface area (TPSA) is 26.9 Å². The Balaban J connectivity index is 1.78. The molecule has 0 radical (unpaired) electrons. The predicted molar refractivity (Wildman–Crippen MR) is 65.7 cm³/mol. The van der Waals surface area contributed by atoms with Crippen LogP contribution in [0, 0.1) is 0 Å². The third kappa shape index (κ3) is 2.77. The molecule has 1 aliphatic carbocycles. The number of hydrogen-bond acceptors (Lipinski definition) is 1. The van der Waals surface area contributed by atoms with Crippen LogP contribution in [0.3, 0.4) is 0 Å². The average molecular weight is 222 g/mol. The summed E-state index contributed by atoms with van der Waals surface area (Å²) >= 11 is 0. The Hall–Kier alpha value is -0.990. The first kappa shape index (κ1) is 11.5. The summed E-state index contributed by atoms with van der Waals surface area (Å²) in [5.74, 6) is 0. The van der Waals surface area contributed by atoms with Crippen LogP contribution in [0.15, 0.2) is 17.2 Å². The van der Waals surface area contributed by atoms with Gasteiger partial charge in [0.2, 0.25) is 0 Å². The van der Waals surface area contributed by atoms with Crippen molar-refractivity contribution in [3.05, 3.63) is 22.9 Å². The number of hydrogen-bond donors (Lipinski definition) is 0. The summed E-state index contributed by atoms with van der Waals surface area (Å²) in [5, 5.41) is 0. The van der Waals surface area contributed by atoms with Gasteiger partial charge in [0.05, 0.1) is 0 Å². The minimum atomic E-state index is 0.193. The van der Waals surface area contributed by atoms with E-state index in [0.29, 0.717) is 6.04 Å². The van der Waals surface area contributed by atoms with Gasteiger partial charge in [0, 0.05) is 25.0 Å². The van der Waals surface area contributed by atoms with Crippen LogP contribution in [0.25, 0.3) is 0 Å². The van der Waals surface area contributed by atoms with Crippen molar-refractivity contribution < 1.29 is 0 Å². The molecular formula is C13H22N2O. The summed E-state index contributed by atoms with van der Waals surface area (Å²) in [7, 11) is 0. The van der Waals surface area contributed by atoms with Crippen molar-refractivity contribution >= 4 is 0 Å². The Morgan fingerprint density at radius 1 is 1.19 bits per heavy atom. The van der Waals surface area contributed by atoms with Gasteiger partial charge >= 0.3 is 5.69 Å². The van der Waals surface area contributed by atoms with Gasteiger partial charge in [-0.1, -0.05) is 32.6 Å². The zero-order chi connectivity index (χ0) is 11.4. The lowest BCUT2D eigenvalue weighted by Gasteiger charge is -2.01. The summed E-state index contributed by atoms with van der Waals surface area (Å²) in [4.78, 5) is 11.9. The summed E-state index contributed by atoms with van der Waals surface area (Å²) < 4.78 is 3.76. The van der Waals surface area contributed by atoms with E-state index in [-0.39, 0.29) is 5.69 Å². The largest absolute Gasteiger partial charge is 0.328 e. The minimum absolute atomic E-state index is 0.193. The first-order valence-corrected chi connectivity index (χ1v) is 6.60. The maximum absolute atomic E-state index is 11.9. The summed E-state index contributed by atoms with van der Waals surface area (Å²) in [6.45, 7) is 3.11. The van der Waals surface area contributed by atoms with Gasteiger partial charge in [0.25, 0.3) is 0 Å². The molecule has 1 heterocycles. The molecule has 1 saturated carbocycles. The molecule has 0 amide bonds. The number of nitrogens with zero attached hydrogens (tertiary/aromatic N) is 2. The lowest BCUT2D eigenvalue weighted by atomic mass is 10.1. The van der Waals surface area contributed by atoms with Gasteiger partial charge in [-0.2, -0.15) is 0 Å². The molecule has 16 heavy (non-hydrogen) atoms. The van der Waals surface area contributed by atoms with Crippen LogP contribution in [-0.2, 0) is 6.54 Å². The van der Waals surface area contributed by atoms with Gasteiger partial charge in [0.15, 0.2) is 0 Å². The third-order valence-electron chi connectivity index (χ3n) is 3.32. The summed E-state index contributed by atoms with van der Waals surface area (Å²) in [6.07, 6.45) is 12.5. The van der Waals surface area contributed by atoms with Crippen molar-refractivity contribution in [2.75, 3.05) is 0 Å². The fourth-order valence-corrected chi connectivity index (χ4v) is 2.11. The highest BCUT2D eigenvalue weighted by Crippen LogP contribution is 2.33. The van der Waals surface area contributed by atoms with Crippen molar-refractivity contribution in [1.82, 2.24) is 9.13 Å². The van der Waals surface area contributed by atoms with E-state index in [4.69, 9.17) is 0 Å². The highest BCUT2D eigenvalue weighted by Gasteiger charge is 2.25. The van der Waals surface area contributed by atoms with Crippen LogP contribution in [-0.4, -0.2) is 9.13 Å². The normalized spacial score (nSPS) is 15.6. The molecule has 0 spiro atoms. The number of unbranched alkanes of at least 4 members (excludes halogenated alkanes) is 4. The van der Waals surface area contributed by atoms with Gasteiger partial charge in [-0.15, -0.1) is 0 Å². The second-order valence-corrected chi connectivity index (χ2v) is 4.83. The van der Waals surface area contributed by atoms with Crippen LogP contribution in [0.5, 0.6) is 0 Å². The SMILES string of the molecule is CCCCCCCn1ccn(C2CC2)c1=O. The molecule has 1 aromatic rings. The third-order valence-corrected chi connectivity index (χ3v) is 3.32. The zero-order valence-corrected chi connectivity index (χ0v) is 10.2. The Labute approximate surface area is 97.1 Å². The number of rotatable bonds is 7. The smallest absolute Gasteiger partial charge is 0.299 e. The summed E-state index contributed by atoms with van der Waals surface area (Å²) in [6, 6.07) is 0.508. The van der Waals surface area contributed by atoms with E-state index < -0.39 is 0 Å². The second kappa shape index (κ2) is 5.37. The van der Waals surface area contributed by atoms with Gasteiger partial charge in [0.1, 0.15) is 0 Å². The Morgan fingerprint density at radius 3 is 2.62 bits per heavy atom. The highest BCUT2D eigenvalue weighted by atomic mass is 16.1. The number of aryl methyl sites for hydroxylation is 1. The zero-order valence-electron chi connectivity index (χ0n) is 10.2. The van der Waals surface area contributed by atoms with Crippen LogP contribution in [0.4, 0.5) is 0 Å². The average Bonchev–Trinajstić information content (AvgIpc) is 3.05. The molecule has 1 fully saturated rings. The van der Waals surface area contributed by atoms with Gasteiger partial charge in [-0.3, -0.25) is 9.13 Å². The van der Waals surface area contributed by atoms with Crippen LogP contribution in [0.2, 0.25) is 0 Å². The van der Waals surface area contributed by atoms with Crippen molar-refractivity contribution in [2.45, 2.75) is 64.5 Å². The molecule has 0 saturated heterocycles. The molecule has 0 aromatic carbocycles. The summed E-state index contributed by atoms with van der Waals surface area (Å²) in [5.41, 5.74) is 0.193. The maximum atomic E-state index is 11.9. The molecule has 1 aliphatic rings. The Bertz CT molecular complexity index is 374. The van der Waals surface area contributed by atoms with Crippen molar-refractivity contribution in [2.24, 2.45) is 0 Å². The first-order chi connectivity index (χ1) is 7.83.